The van der Waals surface area contributed by atoms with Gasteiger partial charge >= 0.3 is 6.61 Å². The van der Waals surface area contributed by atoms with Crippen molar-refractivity contribution in [2.45, 2.75) is 57.4 Å². The average Bonchev–Trinajstić information content (AvgIpc) is 3.28. The maximum atomic E-state index is 14.4. The summed E-state index contributed by atoms with van der Waals surface area (Å²) in [5, 5.41) is 9.38. The summed E-state index contributed by atoms with van der Waals surface area (Å²) in [6.45, 7) is -0.976. The predicted molar refractivity (Wildman–Crippen MR) is 125 cm³/mol. The van der Waals surface area contributed by atoms with Gasteiger partial charge in [0.15, 0.2) is 17.2 Å². The number of hydrogen-bond donors (Lipinski definition) is 1. The van der Waals surface area contributed by atoms with E-state index in [9.17, 15) is 18.4 Å². The van der Waals surface area contributed by atoms with Crippen molar-refractivity contribution in [3.63, 3.8) is 0 Å². The Hall–Kier alpha value is -3.38. The smallest absolute Gasteiger partial charge is 0.345 e. The second-order valence-electron chi connectivity index (χ2n) is 9.44. The van der Waals surface area contributed by atoms with Crippen LogP contribution in [0, 0.1) is 22.6 Å². The maximum Gasteiger partial charge on any atom is 0.345 e. The van der Waals surface area contributed by atoms with Gasteiger partial charge in [-0.3, -0.25) is 4.99 Å². The quantitative estimate of drug-likeness (QED) is 0.658. The molecule has 182 valence electrons. The monoisotopic (exact) mass is 482 g/mol. The fraction of sp³-hybridized carbons (Fsp3) is 0.423. The number of nitrogens with two attached hydrogens (primary N) is 1. The first kappa shape index (κ1) is 23.4. The summed E-state index contributed by atoms with van der Waals surface area (Å²) in [5.41, 5.74) is 8.73. The molecule has 0 saturated heterocycles. The average molecular weight is 483 g/mol. The van der Waals surface area contributed by atoms with Crippen molar-refractivity contribution >= 4 is 11.5 Å². The number of methoxy groups -OCH3 is 1. The zero-order valence-electron chi connectivity index (χ0n) is 19.4. The standard InChI is InChI=1S/C26H25F3N4O2/c1-14-23(31)33-26(32-14)20-10-15(17-9-18(13-30)22(27)21(11-17)34-2)3-4-16(20)12-25(26)7-5-19(6-8-25)35-24(28)29/h3-4,9-11,19,24H,5-8,12H2,1-2H3,(H2,31,33). The number of benzene rings is 2. The van der Waals surface area contributed by atoms with Crippen LogP contribution in [0.4, 0.5) is 13.2 Å². The first-order valence-electron chi connectivity index (χ1n) is 11.5. The molecule has 2 spiro atoms. The van der Waals surface area contributed by atoms with E-state index in [1.165, 1.54) is 13.2 Å². The highest BCUT2D eigenvalue weighted by molar-refractivity contribution is 6.41. The van der Waals surface area contributed by atoms with Gasteiger partial charge in [0, 0.05) is 11.0 Å². The molecule has 0 aromatic heterocycles. The molecule has 2 aromatic carbocycles. The summed E-state index contributed by atoms with van der Waals surface area (Å²) in [4.78, 5) is 9.87. The molecule has 9 heteroatoms. The van der Waals surface area contributed by atoms with E-state index in [0.717, 1.165) is 16.7 Å². The van der Waals surface area contributed by atoms with Gasteiger partial charge in [0.05, 0.1) is 24.5 Å². The van der Waals surface area contributed by atoms with E-state index in [-0.39, 0.29) is 11.3 Å². The summed E-state index contributed by atoms with van der Waals surface area (Å²) < 4.78 is 50.0. The number of fused-ring (bicyclic) bond motifs is 3. The minimum absolute atomic E-state index is 0.0138. The normalized spacial score (nSPS) is 27.2. The molecule has 1 atom stereocenters. The Morgan fingerprint density at radius 2 is 1.89 bits per heavy atom. The molecule has 0 amide bonds. The van der Waals surface area contributed by atoms with Crippen molar-refractivity contribution in [1.29, 1.82) is 5.26 Å². The summed E-state index contributed by atoms with van der Waals surface area (Å²) in [5.74, 6) is -0.351. The molecule has 3 aliphatic rings. The number of halogens is 3. The zero-order valence-corrected chi connectivity index (χ0v) is 19.4. The number of rotatable bonds is 4. The van der Waals surface area contributed by atoms with E-state index in [2.05, 4.69) is 0 Å². The predicted octanol–water partition coefficient (Wildman–Crippen LogP) is 5.08. The Bertz CT molecular complexity index is 1270. The molecule has 2 aromatic rings. The molecule has 0 radical (unpaired) electrons. The lowest BCUT2D eigenvalue weighted by Crippen LogP contribution is -2.43. The molecule has 1 heterocycles. The van der Waals surface area contributed by atoms with Crippen LogP contribution in [-0.4, -0.2) is 31.4 Å². The highest BCUT2D eigenvalue weighted by Gasteiger charge is 2.60. The van der Waals surface area contributed by atoms with E-state index in [1.54, 1.807) is 6.07 Å². The van der Waals surface area contributed by atoms with Crippen molar-refractivity contribution < 1.29 is 22.6 Å². The third-order valence-corrected chi connectivity index (χ3v) is 7.63. The van der Waals surface area contributed by atoms with Crippen LogP contribution in [0.15, 0.2) is 40.3 Å². The SMILES string of the molecule is COc1cc(-c2ccc3c(c2)C2(N=C(C)C(N)=N2)C2(CCC(OC(F)F)CC2)C3)cc(C#N)c1F. The molecule has 2 aliphatic carbocycles. The van der Waals surface area contributed by atoms with E-state index in [4.69, 9.17) is 25.2 Å². The van der Waals surface area contributed by atoms with E-state index in [0.29, 0.717) is 49.2 Å². The Balaban J connectivity index is 1.60. The molecule has 2 N–H and O–H groups in total. The number of nitrogens with zero attached hydrogens (tertiary/aromatic N) is 3. The lowest BCUT2D eigenvalue weighted by molar-refractivity contribution is -0.177. The molecule has 1 aliphatic heterocycles. The number of nitriles is 1. The fourth-order valence-corrected chi connectivity index (χ4v) is 5.89. The highest BCUT2D eigenvalue weighted by atomic mass is 19.3. The zero-order chi connectivity index (χ0) is 25.0. The van der Waals surface area contributed by atoms with Crippen molar-refractivity contribution in [2.24, 2.45) is 21.1 Å². The summed E-state index contributed by atoms with van der Waals surface area (Å²) in [6.07, 6.45) is 2.39. The second-order valence-corrected chi connectivity index (χ2v) is 9.44. The van der Waals surface area contributed by atoms with Gasteiger partial charge in [0.25, 0.3) is 0 Å². The number of hydrogen-bond acceptors (Lipinski definition) is 6. The van der Waals surface area contributed by atoms with E-state index >= 15 is 0 Å². The summed E-state index contributed by atoms with van der Waals surface area (Å²) in [6, 6.07) is 10.8. The summed E-state index contributed by atoms with van der Waals surface area (Å²) >= 11 is 0. The van der Waals surface area contributed by atoms with Crippen molar-refractivity contribution in [1.82, 2.24) is 0 Å². The second kappa shape index (κ2) is 8.38. The molecule has 35 heavy (non-hydrogen) atoms. The molecule has 1 fully saturated rings. The Labute approximate surface area is 201 Å². The number of alkyl halides is 2. The first-order valence-corrected chi connectivity index (χ1v) is 11.5. The number of ether oxygens (including phenoxy) is 2. The van der Waals surface area contributed by atoms with Crippen LogP contribution >= 0.6 is 0 Å². The lowest BCUT2D eigenvalue weighted by atomic mass is 9.65. The summed E-state index contributed by atoms with van der Waals surface area (Å²) in [7, 11) is 1.35. The Kier molecular flexibility index (Phi) is 5.59. The minimum atomic E-state index is -2.79. The number of amidine groups is 1. The van der Waals surface area contributed by atoms with Gasteiger partial charge in [-0.2, -0.15) is 14.0 Å². The third kappa shape index (κ3) is 3.59. The molecule has 1 saturated carbocycles. The van der Waals surface area contributed by atoms with Gasteiger partial charge in [0.2, 0.25) is 0 Å². The highest BCUT2D eigenvalue weighted by Crippen LogP contribution is 2.62. The van der Waals surface area contributed by atoms with Crippen LogP contribution in [-0.2, 0) is 16.8 Å². The topological polar surface area (TPSA) is 93.0 Å². The third-order valence-electron chi connectivity index (χ3n) is 7.63. The molecular weight excluding hydrogens is 457 g/mol. The van der Waals surface area contributed by atoms with Crippen LogP contribution in [0.2, 0.25) is 0 Å². The maximum absolute atomic E-state index is 14.4. The van der Waals surface area contributed by atoms with Gasteiger partial charge in [-0.1, -0.05) is 12.1 Å². The molecule has 1 unspecified atom stereocenters. The van der Waals surface area contributed by atoms with E-state index in [1.807, 2.05) is 31.2 Å². The van der Waals surface area contributed by atoms with Crippen LogP contribution in [0.5, 0.6) is 5.75 Å². The van der Waals surface area contributed by atoms with Gasteiger partial charge in [-0.25, -0.2) is 9.38 Å². The molecule has 5 rings (SSSR count). The lowest BCUT2D eigenvalue weighted by Gasteiger charge is -2.44. The fourth-order valence-electron chi connectivity index (χ4n) is 5.89. The van der Waals surface area contributed by atoms with Gasteiger partial charge in [-0.15, -0.1) is 0 Å². The van der Waals surface area contributed by atoms with Crippen LogP contribution in [0.3, 0.4) is 0 Å². The van der Waals surface area contributed by atoms with Gasteiger partial charge in [-0.05, 0) is 73.9 Å². The van der Waals surface area contributed by atoms with Crippen LogP contribution in [0.25, 0.3) is 11.1 Å². The van der Waals surface area contributed by atoms with Crippen molar-refractivity contribution in [2.75, 3.05) is 7.11 Å². The van der Waals surface area contributed by atoms with Crippen LogP contribution < -0.4 is 10.5 Å². The Morgan fingerprint density at radius 1 is 1.14 bits per heavy atom. The number of aliphatic imine (C=N–C) groups is 2. The van der Waals surface area contributed by atoms with Gasteiger partial charge in [0.1, 0.15) is 11.9 Å². The van der Waals surface area contributed by atoms with Crippen molar-refractivity contribution in [3.8, 4) is 22.9 Å². The first-order chi connectivity index (χ1) is 16.7. The minimum Gasteiger partial charge on any atom is -0.494 e. The Morgan fingerprint density at radius 3 is 2.49 bits per heavy atom. The van der Waals surface area contributed by atoms with Crippen LogP contribution in [0.1, 0.15) is 49.3 Å². The molecule has 0 bridgehead atoms. The largest absolute Gasteiger partial charge is 0.494 e. The van der Waals surface area contributed by atoms with Gasteiger partial charge < -0.3 is 15.2 Å². The molecular formula is C26H25F3N4O2. The van der Waals surface area contributed by atoms with Crippen molar-refractivity contribution in [3.05, 3.63) is 52.8 Å². The molecule has 6 nitrogen and oxygen atoms in total. The van der Waals surface area contributed by atoms with E-state index < -0.39 is 29.6 Å².